The molecule has 0 amide bonds. The van der Waals surface area contributed by atoms with Crippen molar-refractivity contribution in [3.63, 3.8) is 0 Å². The molecule has 17 heavy (non-hydrogen) atoms. The monoisotopic (exact) mass is 226 g/mol. The van der Waals surface area contributed by atoms with E-state index in [9.17, 15) is 4.79 Å². The normalized spacial score (nSPS) is 43.1. The lowest BCUT2D eigenvalue weighted by atomic mass is 9.47. The third-order valence-electron chi connectivity index (χ3n) is 5.38. The first-order valence-electron chi connectivity index (χ1n) is 6.86. The van der Waals surface area contributed by atoms with Crippen LogP contribution in [0.1, 0.15) is 37.7 Å². The van der Waals surface area contributed by atoms with Crippen molar-refractivity contribution in [2.75, 3.05) is 0 Å². The lowest BCUT2D eigenvalue weighted by Gasteiger charge is -2.56. The van der Waals surface area contributed by atoms with Gasteiger partial charge in [-0.05, 0) is 49.0 Å². The van der Waals surface area contributed by atoms with E-state index in [0.717, 1.165) is 18.8 Å². The molecule has 2 unspecified atom stereocenters. The molecule has 4 bridgehead atoms. The second-order valence-corrected chi connectivity index (χ2v) is 6.39. The average molecular weight is 226 g/mol. The maximum Gasteiger partial charge on any atom is 0.139 e. The zero-order chi connectivity index (χ0) is 11.5. The van der Waals surface area contributed by atoms with Crippen LogP contribution in [0, 0.1) is 17.8 Å². The fourth-order valence-corrected chi connectivity index (χ4v) is 4.89. The largest absolute Gasteiger partial charge is 0.299 e. The van der Waals surface area contributed by atoms with Gasteiger partial charge in [-0.15, -0.1) is 0 Å². The van der Waals surface area contributed by atoms with Crippen molar-refractivity contribution in [3.05, 3.63) is 35.9 Å². The van der Waals surface area contributed by atoms with E-state index in [1.807, 2.05) is 0 Å². The summed E-state index contributed by atoms with van der Waals surface area (Å²) in [5.41, 5.74) is 1.85. The van der Waals surface area contributed by atoms with Crippen molar-refractivity contribution in [3.8, 4) is 0 Å². The maximum atomic E-state index is 12.1. The first-order valence-corrected chi connectivity index (χ1v) is 6.86. The van der Waals surface area contributed by atoms with Crippen LogP contribution in [0.2, 0.25) is 0 Å². The molecule has 88 valence electrons. The van der Waals surface area contributed by atoms with Crippen LogP contribution in [0.5, 0.6) is 0 Å². The van der Waals surface area contributed by atoms with E-state index in [1.54, 1.807) is 0 Å². The predicted molar refractivity (Wildman–Crippen MR) is 66.7 cm³/mol. The van der Waals surface area contributed by atoms with Gasteiger partial charge in [-0.3, -0.25) is 4.79 Å². The van der Waals surface area contributed by atoms with Crippen LogP contribution >= 0.6 is 0 Å². The van der Waals surface area contributed by atoms with E-state index in [4.69, 9.17) is 0 Å². The first kappa shape index (κ1) is 9.87. The zero-order valence-corrected chi connectivity index (χ0v) is 10.1. The molecule has 4 fully saturated rings. The smallest absolute Gasteiger partial charge is 0.139 e. The third-order valence-corrected chi connectivity index (χ3v) is 5.38. The van der Waals surface area contributed by atoms with Crippen LogP contribution in [0.4, 0.5) is 0 Å². The number of rotatable bonds is 1. The highest BCUT2D eigenvalue weighted by molar-refractivity contribution is 5.86. The summed E-state index contributed by atoms with van der Waals surface area (Å²) in [5, 5.41) is 0. The van der Waals surface area contributed by atoms with Crippen LogP contribution in [-0.2, 0) is 10.2 Å². The van der Waals surface area contributed by atoms with Crippen LogP contribution in [0.25, 0.3) is 0 Å². The Morgan fingerprint density at radius 3 is 2.24 bits per heavy atom. The number of carbonyl (C=O) groups is 1. The lowest BCUT2D eigenvalue weighted by Crippen LogP contribution is -2.53. The molecule has 1 nitrogen and oxygen atoms in total. The van der Waals surface area contributed by atoms with Crippen molar-refractivity contribution in [2.45, 2.75) is 37.5 Å². The van der Waals surface area contributed by atoms with Gasteiger partial charge in [0.2, 0.25) is 0 Å². The highest BCUT2D eigenvalue weighted by Crippen LogP contribution is 2.59. The first-order chi connectivity index (χ1) is 8.27. The highest BCUT2D eigenvalue weighted by Gasteiger charge is 2.55. The maximum absolute atomic E-state index is 12.1. The SMILES string of the molecule is O=C1[C@@H]2CC3C[C@H]1CC(c1ccccc1)(C3)C2. The quantitative estimate of drug-likeness (QED) is 0.718. The van der Waals surface area contributed by atoms with Gasteiger partial charge in [0.1, 0.15) is 5.78 Å². The molecule has 4 atom stereocenters. The number of hydrogen-bond donors (Lipinski definition) is 0. The molecule has 1 aromatic rings. The fourth-order valence-electron chi connectivity index (χ4n) is 4.89. The summed E-state index contributed by atoms with van der Waals surface area (Å²) in [6.07, 6.45) is 5.96. The molecule has 0 N–H and O–H groups in total. The third kappa shape index (κ3) is 1.28. The molecule has 0 heterocycles. The Hall–Kier alpha value is -1.11. The van der Waals surface area contributed by atoms with E-state index in [2.05, 4.69) is 30.3 Å². The fraction of sp³-hybridized carbons (Fsp3) is 0.562. The Kier molecular flexibility index (Phi) is 1.87. The van der Waals surface area contributed by atoms with Gasteiger partial charge in [0.05, 0.1) is 0 Å². The zero-order valence-electron chi connectivity index (χ0n) is 10.1. The molecular formula is C16H18O. The van der Waals surface area contributed by atoms with Gasteiger partial charge in [0.15, 0.2) is 0 Å². The Balaban J connectivity index is 1.79. The average Bonchev–Trinajstić information content (AvgIpc) is 2.36. The molecule has 0 spiro atoms. The van der Waals surface area contributed by atoms with Gasteiger partial charge in [-0.2, -0.15) is 0 Å². The molecule has 0 radical (unpaired) electrons. The number of hydrogen-bond acceptors (Lipinski definition) is 1. The summed E-state index contributed by atoms with van der Waals surface area (Å²) in [4.78, 5) is 12.1. The van der Waals surface area contributed by atoms with E-state index >= 15 is 0 Å². The van der Waals surface area contributed by atoms with Gasteiger partial charge < -0.3 is 0 Å². The van der Waals surface area contributed by atoms with E-state index in [0.29, 0.717) is 23.0 Å². The molecule has 0 aromatic heterocycles. The Morgan fingerprint density at radius 1 is 0.941 bits per heavy atom. The Morgan fingerprint density at radius 2 is 1.59 bits per heavy atom. The molecule has 4 saturated carbocycles. The van der Waals surface area contributed by atoms with Crippen LogP contribution in [0.3, 0.4) is 0 Å². The standard InChI is InChI=1S/C16H18O/c17-15-12-6-11-7-13(15)10-16(8-11,9-12)14-4-2-1-3-5-14/h1-5,11-13H,6-10H2/t11?,12-,13+,16?. The molecule has 0 aliphatic heterocycles. The van der Waals surface area contributed by atoms with Crippen molar-refractivity contribution in [1.82, 2.24) is 0 Å². The van der Waals surface area contributed by atoms with Crippen LogP contribution in [0.15, 0.2) is 30.3 Å². The van der Waals surface area contributed by atoms with Crippen molar-refractivity contribution < 1.29 is 4.79 Å². The van der Waals surface area contributed by atoms with Gasteiger partial charge in [-0.1, -0.05) is 30.3 Å². The highest BCUT2D eigenvalue weighted by atomic mass is 16.1. The van der Waals surface area contributed by atoms with Crippen molar-refractivity contribution >= 4 is 5.78 Å². The van der Waals surface area contributed by atoms with Crippen molar-refractivity contribution in [1.29, 1.82) is 0 Å². The topological polar surface area (TPSA) is 17.1 Å². The summed E-state index contributed by atoms with van der Waals surface area (Å²) >= 11 is 0. The van der Waals surface area contributed by atoms with Gasteiger partial charge in [0, 0.05) is 11.8 Å². The summed E-state index contributed by atoms with van der Waals surface area (Å²) in [7, 11) is 0. The summed E-state index contributed by atoms with van der Waals surface area (Å²) < 4.78 is 0. The number of benzene rings is 1. The van der Waals surface area contributed by atoms with E-state index < -0.39 is 0 Å². The molecule has 5 rings (SSSR count). The second kappa shape index (κ2) is 3.22. The molecule has 1 heteroatoms. The molecule has 0 saturated heterocycles. The van der Waals surface area contributed by atoms with Crippen molar-refractivity contribution in [2.24, 2.45) is 17.8 Å². The molecule has 4 aliphatic carbocycles. The molecule has 4 aliphatic rings. The van der Waals surface area contributed by atoms with E-state index in [-0.39, 0.29) is 0 Å². The Bertz CT molecular complexity index is 444. The minimum Gasteiger partial charge on any atom is -0.299 e. The van der Waals surface area contributed by atoms with Gasteiger partial charge >= 0.3 is 0 Å². The minimum absolute atomic E-state index is 0.353. The van der Waals surface area contributed by atoms with Crippen LogP contribution in [-0.4, -0.2) is 5.78 Å². The Labute approximate surface area is 102 Å². The molecular weight excluding hydrogens is 208 g/mol. The number of Topliss-reactive ketones (excluding diaryl/α,β-unsaturated/α-hetero) is 1. The minimum atomic E-state index is 0.353. The predicted octanol–water partition coefficient (Wildman–Crippen LogP) is 3.33. The van der Waals surface area contributed by atoms with E-state index in [1.165, 1.54) is 24.8 Å². The lowest BCUT2D eigenvalue weighted by molar-refractivity contribution is -0.142. The van der Waals surface area contributed by atoms with Crippen LogP contribution < -0.4 is 0 Å². The van der Waals surface area contributed by atoms with Gasteiger partial charge in [-0.25, -0.2) is 0 Å². The second-order valence-electron chi connectivity index (χ2n) is 6.39. The van der Waals surface area contributed by atoms with Gasteiger partial charge in [0.25, 0.3) is 0 Å². The molecule has 1 aromatic carbocycles. The number of ketones is 1. The summed E-state index contributed by atoms with van der Waals surface area (Å²) in [6, 6.07) is 10.9. The number of carbonyl (C=O) groups excluding carboxylic acids is 1. The summed E-state index contributed by atoms with van der Waals surface area (Å²) in [6.45, 7) is 0. The summed E-state index contributed by atoms with van der Waals surface area (Å²) in [5.74, 6) is 2.20.